The van der Waals surface area contributed by atoms with Gasteiger partial charge in [-0.2, -0.15) is 0 Å². The lowest BCUT2D eigenvalue weighted by Crippen LogP contribution is -2.27. The lowest BCUT2D eigenvalue weighted by atomic mass is 9.86. The van der Waals surface area contributed by atoms with Gasteiger partial charge in [-0.05, 0) is 32.0 Å². The van der Waals surface area contributed by atoms with Crippen molar-refractivity contribution in [1.29, 1.82) is 0 Å². The second kappa shape index (κ2) is 4.97. The van der Waals surface area contributed by atoms with Gasteiger partial charge in [-0.15, -0.1) is 9.24 Å². The maximum Gasteiger partial charge on any atom is 0.340 e. The van der Waals surface area contributed by atoms with E-state index < -0.39 is 0 Å². The van der Waals surface area contributed by atoms with Crippen LogP contribution in [0.15, 0.2) is 18.3 Å². The highest BCUT2D eigenvalue weighted by molar-refractivity contribution is 7.27. The van der Waals surface area contributed by atoms with Crippen molar-refractivity contribution in [3.05, 3.63) is 23.9 Å². The van der Waals surface area contributed by atoms with Crippen molar-refractivity contribution in [2.24, 2.45) is 5.41 Å². The number of aromatic hydroxyl groups is 1. The molecule has 2 aliphatic rings. The smallest absolute Gasteiger partial charge is 0.340 e. The number of nitrogens with zero attached hydrogens (tertiary/aromatic N) is 1. The van der Waals surface area contributed by atoms with Gasteiger partial charge in [0.15, 0.2) is 0 Å². The molecule has 0 amide bonds. The van der Waals surface area contributed by atoms with E-state index >= 15 is 0 Å². The molecule has 1 unspecified atom stereocenters. The molecule has 0 spiro atoms. The molecule has 0 aliphatic carbocycles. The van der Waals surface area contributed by atoms with Crippen LogP contribution in [0.2, 0.25) is 0 Å². The third kappa shape index (κ3) is 2.20. The Morgan fingerprint density at radius 1 is 1.41 bits per heavy atom. The number of H-pyrrole nitrogens is 1. The summed E-state index contributed by atoms with van der Waals surface area (Å²) >= 11 is 0. The SMILES string of the molecule is O=C(OCC12CCN(CC1)C2)c1c[nH]c2cc(O)c(P)cc12. The zero-order valence-corrected chi connectivity index (χ0v) is 13.4. The molecule has 1 aromatic carbocycles. The summed E-state index contributed by atoms with van der Waals surface area (Å²) in [6.07, 6.45) is 3.90. The number of ether oxygens (including phenoxy) is 1. The number of benzene rings is 1. The first-order valence-electron chi connectivity index (χ1n) is 7.55. The van der Waals surface area contributed by atoms with E-state index in [0.29, 0.717) is 17.5 Å². The molecular weight excluding hydrogens is 299 g/mol. The largest absolute Gasteiger partial charge is 0.507 e. The highest BCUT2D eigenvalue weighted by Crippen LogP contribution is 2.40. The number of phenolic OH excluding ortho intramolecular Hbond substituents is 1. The van der Waals surface area contributed by atoms with Crippen molar-refractivity contribution in [1.82, 2.24) is 9.88 Å². The van der Waals surface area contributed by atoms with Crippen LogP contribution in [0.1, 0.15) is 23.2 Å². The molecule has 22 heavy (non-hydrogen) atoms. The quantitative estimate of drug-likeness (QED) is 0.667. The molecule has 116 valence electrons. The topological polar surface area (TPSA) is 65.6 Å². The highest BCUT2D eigenvalue weighted by Gasteiger charge is 2.44. The first kappa shape index (κ1) is 14.0. The van der Waals surface area contributed by atoms with Crippen molar-refractivity contribution in [2.45, 2.75) is 12.8 Å². The van der Waals surface area contributed by atoms with Gasteiger partial charge >= 0.3 is 5.97 Å². The molecule has 2 N–H and O–H groups in total. The Hall–Kier alpha value is -1.58. The van der Waals surface area contributed by atoms with Crippen LogP contribution in [0.5, 0.6) is 5.75 Å². The maximum absolute atomic E-state index is 12.4. The van der Waals surface area contributed by atoms with Crippen molar-refractivity contribution in [3.63, 3.8) is 0 Å². The van der Waals surface area contributed by atoms with E-state index in [0.717, 1.165) is 43.4 Å². The fraction of sp³-hybridized carbons (Fsp3) is 0.438. The molecule has 2 aliphatic heterocycles. The number of rotatable bonds is 3. The second-order valence-corrected chi connectivity index (χ2v) is 7.13. The number of aromatic nitrogens is 1. The average Bonchev–Trinajstić information content (AvgIpc) is 3.20. The molecular formula is C16H19N2O3P. The van der Waals surface area contributed by atoms with Gasteiger partial charge in [-0.3, -0.25) is 0 Å². The van der Waals surface area contributed by atoms with Gasteiger partial charge in [-0.25, -0.2) is 4.79 Å². The van der Waals surface area contributed by atoms with E-state index in [1.54, 1.807) is 18.3 Å². The molecule has 2 bridgehead atoms. The Morgan fingerprint density at radius 3 is 2.86 bits per heavy atom. The molecule has 0 radical (unpaired) electrons. The van der Waals surface area contributed by atoms with Gasteiger partial charge in [0.2, 0.25) is 0 Å². The van der Waals surface area contributed by atoms with E-state index in [2.05, 4.69) is 19.1 Å². The molecule has 2 aromatic rings. The zero-order chi connectivity index (χ0) is 15.3. The summed E-state index contributed by atoms with van der Waals surface area (Å²) in [6.45, 7) is 3.80. The lowest BCUT2D eigenvalue weighted by molar-refractivity contribution is 0.0326. The Kier molecular flexibility index (Phi) is 3.17. The predicted molar refractivity (Wildman–Crippen MR) is 87.7 cm³/mol. The number of hydrogen-bond acceptors (Lipinski definition) is 4. The number of carbonyl (C=O) groups excluding carboxylic acids is 1. The van der Waals surface area contributed by atoms with Gasteiger partial charge in [-0.1, -0.05) is 0 Å². The van der Waals surface area contributed by atoms with Gasteiger partial charge in [0.1, 0.15) is 5.75 Å². The molecule has 6 heteroatoms. The second-order valence-electron chi connectivity index (χ2n) is 6.51. The summed E-state index contributed by atoms with van der Waals surface area (Å²) in [5.74, 6) is -0.101. The van der Waals surface area contributed by atoms with Crippen molar-refractivity contribution >= 4 is 31.4 Å². The van der Waals surface area contributed by atoms with Crippen LogP contribution in [-0.2, 0) is 4.74 Å². The average molecular weight is 318 g/mol. The number of piperidine rings is 1. The minimum Gasteiger partial charge on any atom is -0.507 e. The first-order valence-corrected chi connectivity index (χ1v) is 8.13. The summed E-state index contributed by atoms with van der Waals surface area (Å²) in [5.41, 5.74) is 1.44. The Balaban J connectivity index is 1.54. The van der Waals surface area contributed by atoms with E-state index in [4.69, 9.17) is 4.74 Å². The number of hydrogen-bond donors (Lipinski definition) is 2. The Morgan fingerprint density at radius 2 is 2.18 bits per heavy atom. The minimum absolute atomic E-state index is 0.172. The third-order valence-electron chi connectivity index (χ3n) is 5.03. The van der Waals surface area contributed by atoms with Crippen LogP contribution in [0.25, 0.3) is 10.9 Å². The number of esters is 1. The van der Waals surface area contributed by atoms with E-state index in [1.807, 2.05) is 0 Å². The number of phenols is 1. The third-order valence-corrected chi connectivity index (χ3v) is 5.50. The van der Waals surface area contributed by atoms with E-state index in [9.17, 15) is 9.90 Å². The van der Waals surface area contributed by atoms with Crippen molar-refractivity contribution < 1.29 is 14.6 Å². The monoisotopic (exact) mass is 318 g/mol. The zero-order valence-electron chi connectivity index (χ0n) is 12.3. The van der Waals surface area contributed by atoms with Gasteiger partial charge < -0.3 is 19.7 Å². The molecule has 3 heterocycles. The molecule has 2 saturated heterocycles. The van der Waals surface area contributed by atoms with Crippen LogP contribution in [0.4, 0.5) is 0 Å². The number of carbonyl (C=O) groups is 1. The van der Waals surface area contributed by atoms with Crippen molar-refractivity contribution in [2.75, 3.05) is 26.2 Å². The summed E-state index contributed by atoms with van der Waals surface area (Å²) < 4.78 is 5.61. The summed E-state index contributed by atoms with van der Waals surface area (Å²) in [7, 11) is 2.47. The fourth-order valence-electron chi connectivity index (χ4n) is 3.65. The standard InChI is InChI=1S/C16H19N2O3P/c19-13-6-12-10(5-14(13)22)11(7-17-12)15(20)21-9-16-1-3-18(8-16)4-2-16/h5-7,17,19H,1-4,8-9,22H2. The first-order chi connectivity index (χ1) is 10.6. The lowest BCUT2D eigenvalue weighted by Gasteiger charge is -2.24. The Bertz CT molecular complexity index is 747. The van der Waals surface area contributed by atoms with Crippen LogP contribution in [0, 0.1) is 5.41 Å². The summed E-state index contributed by atoms with van der Waals surface area (Å²) in [5, 5.41) is 11.2. The molecule has 4 rings (SSSR count). The normalized spacial score (nSPS) is 26.7. The van der Waals surface area contributed by atoms with Gasteiger partial charge in [0.25, 0.3) is 0 Å². The van der Waals surface area contributed by atoms with E-state index in [-0.39, 0.29) is 17.1 Å². The van der Waals surface area contributed by atoms with Crippen molar-refractivity contribution in [3.8, 4) is 5.75 Å². The number of aromatic amines is 1. The van der Waals surface area contributed by atoms with Crippen LogP contribution >= 0.6 is 9.24 Å². The maximum atomic E-state index is 12.4. The van der Waals surface area contributed by atoms with Crippen LogP contribution in [0.3, 0.4) is 0 Å². The highest BCUT2D eigenvalue weighted by atomic mass is 31.0. The fourth-order valence-corrected chi connectivity index (χ4v) is 3.90. The van der Waals surface area contributed by atoms with Gasteiger partial charge in [0, 0.05) is 40.4 Å². The molecule has 1 aromatic heterocycles. The van der Waals surface area contributed by atoms with Crippen LogP contribution in [-0.4, -0.2) is 47.2 Å². The van der Waals surface area contributed by atoms with Crippen LogP contribution < -0.4 is 5.30 Å². The number of nitrogens with one attached hydrogen (secondary N) is 1. The Labute approximate surface area is 130 Å². The van der Waals surface area contributed by atoms with Gasteiger partial charge in [0.05, 0.1) is 12.2 Å². The predicted octanol–water partition coefficient (Wildman–Crippen LogP) is 1.63. The minimum atomic E-state index is -0.291. The molecule has 5 nitrogen and oxygen atoms in total. The van der Waals surface area contributed by atoms with E-state index in [1.165, 1.54) is 0 Å². The molecule has 1 atom stereocenters. The molecule has 2 fully saturated rings. The summed E-state index contributed by atoms with van der Waals surface area (Å²) in [4.78, 5) is 17.9. The molecule has 0 saturated carbocycles. The summed E-state index contributed by atoms with van der Waals surface area (Å²) in [6, 6.07) is 3.41. The number of fused-ring (bicyclic) bond motifs is 3.